The van der Waals surface area contributed by atoms with Crippen molar-refractivity contribution in [2.24, 2.45) is 0 Å². The first kappa shape index (κ1) is 13.5. The van der Waals surface area contributed by atoms with Gasteiger partial charge in [-0.1, -0.05) is 0 Å². The lowest BCUT2D eigenvalue weighted by molar-refractivity contribution is 0.565. The number of hydrogen-bond acceptors (Lipinski definition) is 4. The second kappa shape index (κ2) is 5.01. The third kappa shape index (κ3) is 2.75. The van der Waals surface area contributed by atoms with Gasteiger partial charge in [0.2, 0.25) is 0 Å². The van der Waals surface area contributed by atoms with E-state index in [4.69, 9.17) is 11.6 Å². The number of pyridine rings is 1. The van der Waals surface area contributed by atoms with Gasteiger partial charge in [0.15, 0.2) is 9.84 Å². The summed E-state index contributed by atoms with van der Waals surface area (Å²) in [5.41, 5.74) is 0.586. The number of rotatable bonds is 2. The Morgan fingerprint density at radius 1 is 1.61 bits per heavy atom. The quantitative estimate of drug-likeness (QED) is 0.777. The zero-order valence-corrected chi connectivity index (χ0v) is 11.5. The lowest BCUT2D eigenvalue weighted by atomic mass is 10.2. The molecule has 18 heavy (non-hydrogen) atoms. The van der Waals surface area contributed by atoms with Crippen molar-refractivity contribution in [1.29, 1.82) is 0 Å². The predicted molar refractivity (Wildman–Crippen MR) is 69.2 cm³/mol. The SMILES string of the molecule is CC1CS(=O)(=O)CCN1c1ncc(F)cc1CCl. The summed E-state index contributed by atoms with van der Waals surface area (Å²) in [5.74, 6) is 0.475. The number of sulfone groups is 1. The summed E-state index contributed by atoms with van der Waals surface area (Å²) in [4.78, 5) is 5.92. The summed E-state index contributed by atoms with van der Waals surface area (Å²) in [7, 11) is -2.98. The minimum Gasteiger partial charge on any atom is -0.352 e. The summed E-state index contributed by atoms with van der Waals surface area (Å²) < 4.78 is 36.1. The molecule has 1 saturated heterocycles. The molecule has 2 rings (SSSR count). The molecule has 100 valence electrons. The third-order valence-corrected chi connectivity index (χ3v) is 5.08. The second-order valence-corrected chi connectivity index (χ2v) is 6.92. The van der Waals surface area contributed by atoms with Crippen LogP contribution in [0.3, 0.4) is 0 Å². The number of halogens is 2. The van der Waals surface area contributed by atoms with E-state index in [2.05, 4.69) is 4.98 Å². The van der Waals surface area contributed by atoms with Crippen molar-refractivity contribution in [3.8, 4) is 0 Å². The summed E-state index contributed by atoms with van der Waals surface area (Å²) in [6.45, 7) is 2.19. The lowest BCUT2D eigenvalue weighted by Gasteiger charge is -2.35. The fourth-order valence-corrected chi connectivity index (χ4v) is 3.90. The minimum atomic E-state index is -2.98. The van der Waals surface area contributed by atoms with Gasteiger partial charge in [0.1, 0.15) is 11.6 Å². The Kier molecular flexibility index (Phi) is 3.77. The van der Waals surface area contributed by atoms with Gasteiger partial charge in [-0.05, 0) is 13.0 Å². The number of hydrogen-bond donors (Lipinski definition) is 0. The number of aromatic nitrogens is 1. The highest BCUT2D eigenvalue weighted by Crippen LogP contribution is 2.25. The first-order valence-corrected chi connectivity index (χ1v) is 7.96. The fraction of sp³-hybridized carbons (Fsp3) is 0.545. The molecule has 0 aromatic carbocycles. The van der Waals surface area contributed by atoms with Crippen LogP contribution in [-0.2, 0) is 15.7 Å². The van der Waals surface area contributed by atoms with E-state index in [0.717, 1.165) is 6.20 Å². The van der Waals surface area contributed by atoms with Crippen LogP contribution in [0.5, 0.6) is 0 Å². The molecule has 1 aliphatic rings. The van der Waals surface area contributed by atoms with Gasteiger partial charge in [-0.3, -0.25) is 0 Å². The Balaban J connectivity index is 2.32. The van der Waals surface area contributed by atoms with Crippen LogP contribution >= 0.6 is 11.6 Å². The van der Waals surface area contributed by atoms with E-state index in [1.54, 1.807) is 0 Å². The second-order valence-electron chi connectivity index (χ2n) is 4.43. The maximum absolute atomic E-state index is 13.1. The first-order valence-electron chi connectivity index (χ1n) is 5.60. The fourth-order valence-electron chi connectivity index (χ4n) is 2.14. The van der Waals surface area contributed by atoms with Crippen LogP contribution in [0, 0.1) is 5.82 Å². The van der Waals surface area contributed by atoms with Gasteiger partial charge in [0, 0.05) is 18.2 Å². The Morgan fingerprint density at radius 2 is 2.33 bits per heavy atom. The van der Waals surface area contributed by atoms with Crippen molar-refractivity contribution in [1.82, 2.24) is 4.98 Å². The smallest absolute Gasteiger partial charge is 0.154 e. The maximum atomic E-state index is 13.1. The molecule has 0 bridgehead atoms. The lowest BCUT2D eigenvalue weighted by Crippen LogP contribution is -2.47. The first-order chi connectivity index (χ1) is 8.43. The molecule has 0 radical (unpaired) electrons. The highest BCUT2D eigenvalue weighted by atomic mass is 35.5. The molecular weight excluding hydrogens is 279 g/mol. The number of anilines is 1. The molecule has 4 nitrogen and oxygen atoms in total. The van der Waals surface area contributed by atoms with Crippen LogP contribution in [0.25, 0.3) is 0 Å². The van der Waals surface area contributed by atoms with Crippen LogP contribution in [-0.4, -0.2) is 37.5 Å². The molecule has 7 heteroatoms. The molecule has 2 heterocycles. The van der Waals surface area contributed by atoms with Crippen LogP contribution in [0.1, 0.15) is 12.5 Å². The normalized spacial score (nSPS) is 23.1. The van der Waals surface area contributed by atoms with E-state index in [1.807, 2.05) is 11.8 Å². The molecule has 1 aromatic heterocycles. The summed E-state index contributed by atoms with van der Waals surface area (Å²) >= 11 is 5.78. The molecule has 1 fully saturated rings. The van der Waals surface area contributed by atoms with Crippen LogP contribution in [0.15, 0.2) is 12.3 Å². The monoisotopic (exact) mass is 292 g/mol. The Bertz CT molecular complexity index is 550. The average Bonchev–Trinajstić information content (AvgIpc) is 2.29. The summed E-state index contributed by atoms with van der Waals surface area (Å²) in [5, 5.41) is 0. The van der Waals surface area contributed by atoms with Gasteiger partial charge in [-0.15, -0.1) is 11.6 Å². The van der Waals surface area contributed by atoms with Gasteiger partial charge in [0.05, 0.1) is 23.6 Å². The van der Waals surface area contributed by atoms with E-state index in [-0.39, 0.29) is 23.4 Å². The largest absolute Gasteiger partial charge is 0.352 e. The van der Waals surface area contributed by atoms with Crippen LogP contribution in [0.4, 0.5) is 10.2 Å². The van der Waals surface area contributed by atoms with E-state index in [1.165, 1.54) is 6.07 Å². The van der Waals surface area contributed by atoms with E-state index in [0.29, 0.717) is 17.9 Å². The highest BCUT2D eigenvalue weighted by molar-refractivity contribution is 7.91. The van der Waals surface area contributed by atoms with Crippen molar-refractivity contribution >= 4 is 27.3 Å². The Labute approximate surface area is 111 Å². The molecule has 1 atom stereocenters. The molecule has 1 aliphatic heterocycles. The van der Waals surface area contributed by atoms with Crippen molar-refractivity contribution in [2.45, 2.75) is 18.8 Å². The molecule has 0 amide bonds. The van der Waals surface area contributed by atoms with Crippen molar-refractivity contribution in [3.63, 3.8) is 0 Å². The van der Waals surface area contributed by atoms with Crippen molar-refractivity contribution < 1.29 is 12.8 Å². The minimum absolute atomic E-state index is 0.0911. The third-order valence-electron chi connectivity index (χ3n) is 3.00. The zero-order valence-electron chi connectivity index (χ0n) is 9.94. The predicted octanol–water partition coefficient (Wildman–Crippen LogP) is 1.58. The highest BCUT2D eigenvalue weighted by Gasteiger charge is 2.30. The average molecular weight is 293 g/mol. The topological polar surface area (TPSA) is 50.3 Å². The molecule has 1 aromatic rings. The number of nitrogens with zero attached hydrogens (tertiary/aromatic N) is 2. The van der Waals surface area contributed by atoms with Crippen molar-refractivity contribution in [2.75, 3.05) is 23.0 Å². The Hall–Kier alpha value is -0.880. The molecule has 0 saturated carbocycles. The molecule has 0 spiro atoms. The molecule has 0 N–H and O–H groups in total. The van der Waals surface area contributed by atoms with Gasteiger partial charge in [-0.2, -0.15) is 0 Å². The van der Waals surface area contributed by atoms with Gasteiger partial charge >= 0.3 is 0 Å². The summed E-state index contributed by atoms with van der Waals surface area (Å²) in [6.07, 6.45) is 1.13. The van der Waals surface area contributed by atoms with Gasteiger partial charge in [-0.25, -0.2) is 17.8 Å². The van der Waals surface area contributed by atoms with Gasteiger partial charge in [0.25, 0.3) is 0 Å². The van der Waals surface area contributed by atoms with Crippen LogP contribution < -0.4 is 4.90 Å². The maximum Gasteiger partial charge on any atom is 0.154 e. The molecule has 1 unspecified atom stereocenters. The van der Waals surface area contributed by atoms with Gasteiger partial charge < -0.3 is 4.90 Å². The summed E-state index contributed by atoms with van der Waals surface area (Å²) in [6, 6.07) is 1.16. The Morgan fingerprint density at radius 3 is 2.94 bits per heavy atom. The van der Waals surface area contributed by atoms with Crippen molar-refractivity contribution in [3.05, 3.63) is 23.6 Å². The van der Waals surface area contributed by atoms with Crippen LogP contribution in [0.2, 0.25) is 0 Å². The molecule has 0 aliphatic carbocycles. The van der Waals surface area contributed by atoms with E-state index in [9.17, 15) is 12.8 Å². The zero-order chi connectivity index (χ0) is 13.3. The standard InChI is InChI=1S/C11H14ClFN2O2S/c1-8-7-18(16,17)3-2-15(8)11-9(5-12)4-10(13)6-14-11/h4,6,8H,2-3,5,7H2,1H3. The van der Waals surface area contributed by atoms with E-state index < -0.39 is 15.7 Å². The van der Waals surface area contributed by atoms with E-state index >= 15 is 0 Å². The molecular formula is C11H14ClFN2O2S. The number of alkyl halides is 1.